The van der Waals surface area contributed by atoms with Crippen LogP contribution in [0.5, 0.6) is 0 Å². The molecule has 1 N–H and O–H groups in total. The van der Waals surface area contributed by atoms with Gasteiger partial charge in [0.25, 0.3) is 11.8 Å². The molecule has 2 amide bonds. The van der Waals surface area contributed by atoms with Crippen molar-refractivity contribution in [2.24, 2.45) is 5.92 Å². The van der Waals surface area contributed by atoms with Crippen molar-refractivity contribution in [2.75, 3.05) is 36.4 Å². The predicted octanol–water partition coefficient (Wildman–Crippen LogP) is 5.94. The Morgan fingerprint density at radius 1 is 0.833 bits per heavy atom. The van der Waals surface area contributed by atoms with Gasteiger partial charge in [0.2, 0.25) is 0 Å². The Bertz CT molecular complexity index is 1210. The normalized spacial score (nSPS) is 16.2. The molecule has 186 valence electrons. The molecule has 0 bridgehead atoms. The summed E-state index contributed by atoms with van der Waals surface area (Å²) in [5, 5.41) is 3.02. The number of rotatable bonds is 6. The number of amides is 2. The number of hydrogen-bond donors (Lipinski definition) is 1. The third-order valence-corrected chi connectivity index (χ3v) is 7.59. The lowest BCUT2D eigenvalue weighted by molar-refractivity contribution is 0.0793. The van der Waals surface area contributed by atoms with Crippen molar-refractivity contribution in [1.29, 1.82) is 0 Å². The fraction of sp³-hybridized carbons (Fsp3) is 0.355. The van der Waals surface area contributed by atoms with E-state index in [9.17, 15) is 9.59 Å². The fourth-order valence-corrected chi connectivity index (χ4v) is 5.50. The van der Waals surface area contributed by atoms with Crippen LogP contribution in [0.1, 0.15) is 57.5 Å². The third kappa shape index (κ3) is 5.46. The van der Waals surface area contributed by atoms with Crippen LogP contribution in [0.4, 0.5) is 11.4 Å². The highest BCUT2D eigenvalue weighted by molar-refractivity contribution is 6.07. The standard InChI is InChI=1S/C31H35N3O2/c1-23-9-5-6-12-27(23)30(35)32-26-13-14-29(28(22-26)31(36)34-17-7-8-18-34)33-19-15-25(16-20-33)21-24-10-3-2-4-11-24/h2-6,9-14,22,25H,7-8,15-21H2,1H3,(H,32,35). The van der Waals surface area contributed by atoms with Crippen LogP contribution in [-0.2, 0) is 6.42 Å². The molecular formula is C31H35N3O2. The van der Waals surface area contributed by atoms with Gasteiger partial charge in [0.05, 0.1) is 5.56 Å². The molecule has 2 aliphatic heterocycles. The second kappa shape index (κ2) is 11.0. The van der Waals surface area contributed by atoms with Crippen LogP contribution < -0.4 is 10.2 Å². The number of benzene rings is 3. The summed E-state index contributed by atoms with van der Waals surface area (Å²) in [5.41, 5.74) is 5.32. The number of carbonyl (C=O) groups is 2. The Labute approximate surface area is 214 Å². The van der Waals surface area contributed by atoms with E-state index in [-0.39, 0.29) is 11.8 Å². The summed E-state index contributed by atoms with van der Waals surface area (Å²) < 4.78 is 0. The van der Waals surface area contributed by atoms with Crippen LogP contribution in [0.15, 0.2) is 72.8 Å². The summed E-state index contributed by atoms with van der Waals surface area (Å²) in [6.07, 6.45) is 5.43. The van der Waals surface area contributed by atoms with Gasteiger partial charge in [0.1, 0.15) is 0 Å². The summed E-state index contributed by atoms with van der Waals surface area (Å²) >= 11 is 0. The topological polar surface area (TPSA) is 52.7 Å². The average Bonchev–Trinajstić information content (AvgIpc) is 3.45. The maximum atomic E-state index is 13.6. The smallest absolute Gasteiger partial charge is 0.256 e. The largest absolute Gasteiger partial charge is 0.371 e. The molecule has 0 aromatic heterocycles. The molecule has 0 saturated carbocycles. The first-order valence-corrected chi connectivity index (χ1v) is 13.2. The molecular weight excluding hydrogens is 446 g/mol. The van der Waals surface area contributed by atoms with Crippen molar-refractivity contribution in [2.45, 2.75) is 39.0 Å². The molecule has 3 aromatic carbocycles. The molecule has 0 spiro atoms. The van der Waals surface area contributed by atoms with Gasteiger partial charge in [-0.1, -0.05) is 48.5 Å². The minimum atomic E-state index is -0.151. The summed E-state index contributed by atoms with van der Waals surface area (Å²) in [6, 6.07) is 24.1. The second-order valence-electron chi connectivity index (χ2n) is 10.1. The van der Waals surface area contributed by atoms with Crippen molar-refractivity contribution in [3.63, 3.8) is 0 Å². The minimum Gasteiger partial charge on any atom is -0.371 e. The zero-order valence-electron chi connectivity index (χ0n) is 21.1. The van der Waals surface area contributed by atoms with Crippen LogP contribution in [0.2, 0.25) is 0 Å². The molecule has 2 saturated heterocycles. The van der Waals surface area contributed by atoms with Gasteiger partial charge in [0.15, 0.2) is 0 Å². The molecule has 5 rings (SSSR count). The molecule has 2 fully saturated rings. The highest BCUT2D eigenvalue weighted by atomic mass is 16.2. The monoisotopic (exact) mass is 481 g/mol. The first-order valence-electron chi connectivity index (χ1n) is 13.2. The molecule has 3 aromatic rings. The van der Waals surface area contributed by atoms with E-state index in [2.05, 4.69) is 40.5 Å². The van der Waals surface area contributed by atoms with Crippen molar-refractivity contribution in [1.82, 2.24) is 4.90 Å². The quantitative estimate of drug-likeness (QED) is 0.474. The maximum absolute atomic E-state index is 13.6. The van der Waals surface area contributed by atoms with Crippen LogP contribution >= 0.6 is 0 Å². The average molecular weight is 482 g/mol. The van der Waals surface area contributed by atoms with E-state index >= 15 is 0 Å². The Balaban J connectivity index is 1.34. The number of piperidine rings is 1. The summed E-state index contributed by atoms with van der Waals surface area (Å²) in [4.78, 5) is 30.8. The van der Waals surface area contributed by atoms with Crippen LogP contribution in [0, 0.1) is 12.8 Å². The van der Waals surface area contributed by atoms with E-state index in [1.807, 2.05) is 54.3 Å². The number of hydrogen-bond acceptors (Lipinski definition) is 3. The Morgan fingerprint density at radius 3 is 2.25 bits per heavy atom. The molecule has 36 heavy (non-hydrogen) atoms. The van der Waals surface area contributed by atoms with Crippen molar-refractivity contribution >= 4 is 23.2 Å². The lowest BCUT2D eigenvalue weighted by atomic mass is 9.89. The van der Waals surface area contributed by atoms with Gasteiger partial charge in [-0.3, -0.25) is 9.59 Å². The van der Waals surface area contributed by atoms with E-state index in [4.69, 9.17) is 0 Å². The summed E-state index contributed by atoms with van der Waals surface area (Å²) in [7, 11) is 0. The van der Waals surface area contributed by atoms with E-state index in [1.165, 1.54) is 5.56 Å². The highest BCUT2D eigenvalue weighted by Crippen LogP contribution is 2.31. The lowest BCUT2D eigenvalue weighted by Crippen LogP contribution is -2.36. The van der Waals surface area contributed by atoms with Crippen LogP contribution in [0.25, 0.3) is 0 Å². The molecule has 0 unspecified atom stereocenters. The zero-order valence-corrected chi connectivity index (χ0v) is 21.1. The van der Waals surface area contributed by atoms with Crippen molar-refractivity contribution < 1.29 is 9.59 Å². The molecule has 2 heterocycles. The highest BCUT2D eigenvalue weighted by Gasteiger charge is 2.27. The predicted molar refractivity (Wildman–Crippen MR) is 146 cm³/mol. The number of nitrogens with zero attached hydrogens (tertiary/aromatic N) is 2. The van der Waals surface area contributed by atoms with E-state index in [0.717, 1.165) is 69.5 Å². The Hall–Kier alpha value is -3.60. The number of anilines is 2. The van der Waals surface area contributed by atoms with Gasteiger partial charge in [-0.05, 0) is 80.3 Å². The third-order valence-electron chi connectivity index (χ3n) is 7.59. The zero-order chi connectivity index (χ0) is 24.9. The Morgan fingerprint density at radius 2 is 1.53 bits per heavy atom. The second-order valence-corrected chi connectivity index (χ2v) is 10.1. The first kappa shape index (κ1) is 24.1. The maximum Gasteiger partial charge on any atom is 0.256 e. The van der Waals surface area contributed by atoms with Gasteiger partial charge in [-0.25, -0.2) is 0 Å². The van der Waals surface area contributed by atoms with Crippen molar-refractivity contribution in [3.8, 4) is 0 Å². The molecule has 0 aliphatic carbocycles. The fourth-order valence-electron chi connectivity index (χ4n) is 5.50. The number of nitrogens with one attached hydrogen (secondary N) is 1. The lowest BCUT2D eigenvalue weighted by Gasteiger charge is -2.35. The van der Waals surface area contributed by atoms with Gasteiger partial charge in [-0.2, -0.15) is 0 Å². The van der Waals surface area contributed by atoms with Crippen molar-refractivity contribution in [3.05, 3.63) is 95.1 Å². The van der Waals surface area contributed by atoms with E-state index < -0.39 is 0 Å². The van der Waals surface area contributed by atoms with Crippen LogP contribution in [-0.4, -0.2) is 42.9 Å². The van der Waals surface area contributed by atoms with Gasteiger partial charge < -0.3 is 15.1 Å². The van der Waals surface area contributed by atoms with Gasteiger partial charge in [-0.15, -0.1) is 0 Å². The number of likely N-dealkylation sites (tertiary alicyclic amines) is 1. The minimum absolute atomic E-state index is 0.0703. The Kier molecular flexibility index (Phi) is 7.36. The molecule has 0 atom stereocenters. The van der Waals surface area contributed by atoms with Crippen LogP contribution in [0.3, 0.4) is 0 Å². The SMILES string of the molecule is Cc1ccccc1C(=O)Nc1ccc(N2CCC(Cc3ccccc3)CC2)c(C(=O)N2CCCC2)c1. The molecule has 5 heteroatoms. The van der Waals surface area contributed by atoms with Gasteiger partial charge in [0, 0.05) is 43.1 Å². The molecule has 5 nitrogen and oxygen atoms in total. The van der Waals surface area contributed by atoms with E-state index in [0.29, 0.717) is 22.7 Å². The number of carbonyl (C=O) groups excluding carboxylic acids is 2. The first-order chi connectivity index (χ1) is 17.6. The summed E-state index contributed by atoms with van der Waals surface area (Å²) in [6.45, 7) is 5.41. The number of aryl methyl sites for hydroxylation is 1. The van der Waals surface area contributed by atoms with Gasteiger partial charge >= 0.3 is 0 Å². The molecule has 2 aliphatic rings. The summed E-state index contributed by atoms with van der Waals surface area (Å²) in [5.74, 6) is 0.581. The molecule has 0 radical (unpaired) electrons. The van der Waals surface area contributed by atoms with E-state index in [1.54, 1.807) is 0 Å².